The third-order valence-corrected chi connectivity index (χ3v) is 4.45. The molecule has 1 N–H and O–H groups in total. The van der Waals surface area contributed by atoms with Gasteiger partial charge in [-0.1, -0.05) is 0 Å². The summed E-state index contributed by atoms with van der Waals surface area (Å²) in [6.45, 7) is 5.05. The van der Waals surface area contributed by atoms with E-state index in [0.29, 0.717) is 5.69 Å². The number of rotatable bonds is 3. The van der Waals surface area contributed by atoms with Crippen LogP contribution in [0, 0.1) is 6.92 Å². The Kier molecular flexibility index (Phi) is 5.31. The van der Waals surface area contributed by atoms with Gasteiger partial charge in [-0.15, -0.1) is 0 Å². The van der Waals surface area contributed by atoms with Crippen molar-refractivity contribution in [2.45, 2.75) is 13.1 Å². The number of alkyl halides is 3. The molecule has 0 saturated carbocycles. The molecule has 1 fully saturated rings. The lowest BCUT2D eigenvalue weighted by Gasteiger charge is -2.33. The number of amides is 1. The van der Waals surface area contributed by atoms with Crippen LogP contribution >= 0.6 is 0 Å². The maximum atomic E-state index is 12.7. The summed E-state index contributed by atoms with van der Waals surface area (Å²) < 4.78 is 38.0. The molecule has 9 heteroatoms. The molecule has 0 atom stereocenters. The molecule has 1 amide bonds. The molecule has 2 aromatic heterocycles. The van der Waals surface area contributed by atoms with Crippen molar-refractivity contribution in [3.63, 3.8) is 0 Å². The average Bonchev–Trinajstić information content (AvgIpc) is 2.62. The highest BCUT2D eigenvalue weighted by molar-refractivity contribution is 6.04. The molecule has 1 aliphatic rings. The van der Waals surface area contributed by atoms with Gasteiger partial charge in [0, 0.05) is 26.2 Å². The maximum absolute atomic E-state index is 12.7. The first-order valence-electron chi connectivity index (χ1n) is 8.50. The van der Waals surface area contributed by atoms with Crippen molar-refractivity contribution in [3.05, 3.63) is 47.4 Å². The minimum atomic E-state index is -4.54. The molecule has 1 aliphatic heterocycles. The lowest BCUT2D eigenvalue weighted by molar-refractivity contribution is -0.141. The number of nitrogens with zero attached hydrogens (tertiary/aromatic N) is 4. The molecule has 3 heterocycles. The van der Waals surface area contributed by atoms with Gasteiger partial charge in [-0.3, -0.25) is 4.79 Å². The number of carbonyl (C=O) groups is 1. The molecule has 0 bridgehead atoms. The van der Waals surface area contributed by atoms with E-state index in [4.69, 9.17) is 0 Å². The summed E-state index contributed by atoms with van der Waals surface area (Å²) >= 11 is 0. The van der Waals surface area contributed by atoms with Crippen LogP contribution in [0.2, 0.25) is 0 Å². The van der Waals surface area contributed by atoms with E-state index < -0.39 is 17.8 Å². The summed E-state index contributed by atoms with van der Waals surface area (Å²) in [4.78, 5) is 24.6. The molecule has 27 heavy (non-hydrogen) atoms. The highest BCUT2D eigenvalue weighted by Gasteiger charge is 2.33. The van der Waals surface area contributed by atoms with Crippen LogP contribution in [0.5, 0.6) is 0 Å². The van der Waals surface area contributed by atoms with Crippen LogP contribution in [0.4, 0.5) is 24.7 Å². The topological polar surface area (TPSA) is 61.4 Å². The van der Waals surface area contributed by atoms with E-state index in [9.17, 15) is 18.0 Å². The fourth-order valence-electron chi connectivity index (χ4n) is 2.84. The van der Waals surface area contributed by atoms with Gasteiger partial charge in [-0.25, -0.2) is 9.97 Å². The Bertz CT molecular complexity index is 815. The normalized spacial score (nSPS) is 15.7. The standard InChI is InChI=1S/C18H20F3N5O/c1-12-14(4-5-15(23-12)18(19,20)21)17(27)24-13-3-6-16(22-11-13)26-9-7-25(2)8-10-26/h3-6,11H,7-10H2,1-2H3,(H,24,27). The van der Waals surface area contributed by atoms with Gasteiger partial charge < -0.3 is 15.1 Å². The first-order valence-corrected chi connectivity index (χ1v) is 8.50. The fraction of sp³-hybridized carbons (Fsp3) is 0.389. The van der Waals surface area contributed by atoms with Gasteiger partial charge in [0.2, 0.25) is 0 Å². The van der Waals surface area contributed by atoms with E-state index in [1.54, 1.807) is 12.3 Å². The molecule has 0 unspecified atom stereocenters. The molecule has 1 saturated heterocycles. The minimum Gasteiger partial charge on any atom is -0.354 e. The van der Waals surface area contributed by atoms with Crippen LogP contribution in [0.15, 0.2) is 30.5 Å². The van der Waals surface area contributed by atoms with Crippen molar-refractivity contribution in [2.24, 2.45) is 0 Å². The Labute approximate surface area is 155 Å². The number of hydrogen-bond donors (Lipinski definition) is 1. The quantitative estimate of drug-likeness (QED) is 0.889. The molecule has 2 aromatic rings. The minimum absolute atomic E-state index is 0.0179. The molecule has 0 aromatic carbocycles. The summed E-state index contributed by atoms with van der Waals surface area (Å²) in [6, 6.07) is 5.48. The Hall–Kier alpha value is -2.68. The van der Waals surface area contributed by atoms with E-state index in [1.807, 2.05) is 6.07 Å². The predicted octanol–water partition coefficient (Wildman–Crippen LogP) is 2.81. The molecule has 6 nitrogen and oxygen atoms in total. The van der Waals surface area contributed by atoms with Crippen LogP contribution in [-0.2, 0) is 6.18 Å². The van der Waals surface area contributed by atoms with Gasteiger partial charge in [-0.2, -0.15) is 13.2 Å². The highest BCUT2D eigenvalue weighted by Crippen LogP contribution is 2.28. The number of likely N-dealkylation sites (N-methyl/N-ethyl adjacent to an activating group) is 1. The first kappa shape index (κ1) is 19.1. The zero-order valence-electron chi connectivity index (χ0n) is 15.0. The van der Waals surface area contributed by atoms with Crippen molar-refractivity contribution < 1.29 is 18.0 Å². The third-order valence-electron chi connectivity index (χ3n) is 4.45. The number of nitrogens with one attached hydrogen (secondary N) is 1. The summed E-state index contributed by atoms with van der Waals surface area (Å²) in [5.41, 5.74) is -0.442. The van der Waals surface area contributed by atoms with Gasteiger partial charge in [0.25, 0.3) is 5.91 Å². The van der Waals surface area contributed by atoms with E-state index >= 15 is 0 Å². The number of anilines is 2. The summed E-state index contributed by atoms with van der Waals surface area (Å²) in [5, 5.41) is 2.65. The number of piperazine rings is 1. The van der Waals surface area contributed by atoms with Crippen molar-refractivity contribution in [1.82, 2.24) is 14.9 Å². The van der Waals surface area contributed by atoms with Crippen LogP contribution in [-0.4, -0.2) is 54.0 Å². The van der Waals surface area contributed by atoms with Crippen LogP contribution in [0.25, 0.3) is 0 Å². The number of aromatic nitrogens is 2. The molecule has 3 rings (SSSR count). The second-order valence-electron chi connectivity index (χ2n) is 6.48. The van der Waals surface area contributed by atoms with Crippen molar-refractivity contribution >= 4 is 17.4 Å². The molecule has 0 radical (unpaired) electrons. The molecular weight excluding hydrogens is 359 g/mol. The summed E-state index contributed by atoms with van der Waals surface area (Å²) in [7, 11) is 2.07. The van der Waals surface area contributed by atoms with Crippen molar-refractivity contribution in [1.29, 1.82) is 0 Å². The highest BCUT2D eigenvalue weighted by atomic mass is 19.4. The van der Waals surface area contributed by atoms with Gasteiger partial charge in [0.15, 0.2) is 0 Å². The number of pyridine rings is 2. The molecule has 144 valence electrons. The number of hydrogen-bond acceptors (Lipinski definition) is 5. The van der Waals surface area contributed by atoms with Crippen LogP contribution in [0.3, 0.4) is 0 Å². The van der Waals surface area contributed by atoms with Gasteiger partial charge >= 0.3 is 6.18 Å². The Balaban J connectivity index is 1.67. The van der Waals surface area contributed by atoms with Crippen molar-refractivity contribution in [3.8, 4) is 0 Å². The first-order chi connectivity index (χ1) is 12.7. The van der Waals surface area contributed by atoms with E-state index in [-0.39, 0.29) is 11.3 Å². The Morgan fingerprint density at radius 3 is 2.37 bits per heavy atom. The van der Waals surface area contributed by atoms with E-state index in [0.717, 1.165) is 44.1 Å². The van der Waals surface area contributed by atoms with E-state index in [1.165, 1.54) is 6.92 Å². The molecule has 0 spiro atoms. The molecule has 0 aliphatic carbocycles. The second kappa shape index (κ2) is 7.51. The largest absolute Gasteiger partial charge is 0.433 e. The average molecular weight is 379 g/mol. The second-order valence-corrected chi connectivity index (χ2v) is 6.48. The van der Waals surface area contributed by atoms with Gasteiger partial charge in [0.05, 0.1) is 23.1 Å². The van der Waals surface area contributed by atoms with E-state index in [2.05, 4.69) is 32.1 Å². The number of aryl methyl sites for hydroxylation is 1. The summed E-state index contributed by atoms with van der Waals surface area (Å²) in [5.74, 6) is 0.302. The smallest absolute Gasteiger partial charge is 0.354 e. The Morgan fingerprint density at radius 1 is 1.11 bits per heavy atom. The maximum Gasteiger partial charge on any atom is 0.433 e. The number of halogens is 3. The number of carbonyl (C=O) groups excluding carboxylic acids is 1. The van der Waals surface area contributed by atoms with Gasteiger partial charge in [-0.05, 0) is 38.2 Å². The van der Waals surface area contributed by atoms with Crippen LogP contribution in [0.1, 0.15) is 21.7 Å². The van der Waals surface area contributed by atoms with Gasteiger partial charge in [0.1, 0.15) is 11.5 Å². The monoisotopic (exact) mass is 379 g/mol. The SMILES string of the molecule is Cc1nc(C(F)(F)F)ccc1C(=O)Nc1ccc(N2CCN(C)CC2)nc1. The summed E-state index contributed by atoms with van der Waals surface area (Å²) in [6.07, 6.45) is -3.00. The lowest BCUT2D eigenvalue weighted by Crippen LogP contribution is -2.44. The lowest BCUT2D eigenvalue weighted by atomic mass is 10.1. The zero-order valence-corrected chi connectivity index (χ0v) is 15.0. The predicted molar refractivity (Wildman–Crippen MR) is 95.9 cm³/mol. The Morgan fingerprint density at radius 2 is 1.81 bits per heavy atom. The van der Waals surface area contributed by atoms with Crippen LogP contribution < -0.4 is 10.2 Å². The van der Waals surface area contributed by atoms with Crippen molar-refractivity contribution in [2.75, 3.05) is 43.4 Å². The zero-order chi connectivity index (χ0) is 19.6. The molecular formula is C18H20F3N5O. The fourth-order valence-corrected chi connectivity index (χ4v) is 2.84. The third kappa shape index (κ3) is 4.54.